The Balaban J connectivity index is 2.11. The highest BCUT2D eigenvalue weighted by molar-refractivity contribution is 8.45. The minimum Gasteiger partial charge on any atom is -0.0936 e. The Bertz CT molecular complexity index is 929. The summed E-state index contributed by atoms with van der Waals surface area (Å²) in [6.07, 6.45) is 1.81. The van der Waals surface area contributed by atoms with Crippen LogP contribution < -0.4 is 0 Å². The van der Waals surface area contributed by atoms with Crippen molar-refractivity contribution >= 4 is 21.9 Å². The Morgan fingerprint density at radius 2 is 1.04 bits per heavy atom. The fourth-order valence-electron chi connectivity index (χ4n) is 2.56. The predicted octanol–water partition coefficient (Wildman–Crippen LogP) is 7.93. The SMILES string of the molecule is FS(F)(F)(F)(F)c1ccc(/C(=C\c2ccccc2)c2ccccc2)cc1. The molecule has 0 nitrogen and oxygen atoms in total. The Labute approximate surface area is 148 Å². The van der Waals surface area contributed by atoms with E-state index < -0.39 is 15.1 Å². The van der Waals surface area contributed by atoms with E-state index in [-0.39, 0.29) is 0 Å². The molecule has 0 saturated heterocycles. The molecular weight excluding hydrogens is 367 g/mol. The lowest BCUT2D eigenvalue weighted by atomic mass is 9.96. The molecule has 0 heterocycles. The van der Waals surface area contributed by atoms with E-state index in [1.54, 1.807) is 12.1 Å². The van der Waals surface area contributed by atoms with Crippen molar-refractivity contribution < 1.29 is 19.4 Å². The van der Waals surface area contributed by atoms with Crippen molar-refractivity contribution in [2.24, 2.45) is 0 Å². The quantitative estimate of drug-likeness (QED) is 0.317. The van der Waals surface area contributed by atoms with Gasteiger partial charge in [-0.3, -0.25) is 0 Å². The first-order chi connectivity index (χ1) is 12.0. The Morgan fingerprint density at radius 1 is 0.577 bits per heavy atom. The average molecular weight is 382 g/mol. The van der Waals surface area contributed by atoms with Gasteiger partial charge in [0.2, 0.25) is 0 Å². The molecule has 3 aromatic rings. The number of rotatable bonds is 4. The summed E-state index contributed by atoms with van der Waals surface area (Å²) in [6, 6.07) is 21.3. The maximum Gasteiger partial charge on any atom is 0.310 e. The molecule has 0 aliphatic carbocycles. The molecule has 0 aliphatic rings. The van der Waals surface area contributed by atoms with Crippen LogP contribution >= 0.6 is 10.2 Å². The lowest BCUT2D eigenvalue weighted by Gasteiger charge is -2.40. The number of hydrogen-bond donors (Lipinski definition) is 0. The van der Waals surface area contributed by atoms with Crippen molar-refractivity contribution in [3.05, 3.63) is 102 Å². The van der Waals surface area contributed by atoms with E-state index in [9.17, 15) is 19.4 Å². The lowest BCUT2D eigenvalue weighted by Crippen LogP contribution is -2.05. The standard InChI is InChI=1S/C20H15F5S/c21-26(22,23,24,25)19-13-11-18(12-14-19)20(17-9-5-2-6-10-17)15-16-7-3-1-4-8-16/h1-15H/b20-15-. The summed E-state index contributed by atoms with van der Waals surface area (Å²) in [7, 11) is -9.67. The lowest BCUT2D eigenvalue weighted by molar-refractivity contribution is 0.364. The topological polar surface area (TPSA) is 0 Å². The molecule has 0 fully saturated rings. The maximum absolute atomic E-state index is 12.9. The highest BCUT2D eigenvalue weighted by Crippen LogP contribution is 3.02. The molecule has 0 N–H and O–H groups in total. The van der Waals surface area contributed by atoms with E-state index >= 15 is 0 Å². The number of hydrogen-bond acceptors (Lipinski definition) is 0. The smallest absolute Gasteiger partial charge is 0.0936 e. The van der Waals surface area contributed by atoms with Gasteiger partial charge in [0.1, 0.15) is 4.90 Å². The first kappa shape index (κ1) is 18.2. The van der Waals surface area contributed by atoms with Gasteiger partial charge in [-0.05, 0) is 40.5 Å². The maximum atomic E-state index is 12.9. The number of halogens is 5. The third kappa shape index (κ3) is 4.32. The van der Waals surface area contributed by atoms with Gasteiger partial charge in [-0.15, -0.1) is 0 Å². The minimum absolute atomic E-state index is 0.422. The van der Waals surface area contributed by atoms with E-state index in [1.165, 1.54) is 0 Å². The summed E-state index contributed by atoms with van der Waals surface area (Å²) < 4.78 is 64.7. The molecule has 0 aromatic heterocycles. The van der Waals surface area contributed by atoms with Gasteiger partial charge in [0, 0.05) is 0 Å². The van der Waals surface area contributed by atoms with Crippen LogP contribution in [0, 0.1) is 0 Å². The van der Waals surface area contributed by atoms with E-state index in [0.717, 1.165) is 23.3 Å². The van der Waals surface area contributed by atoms with Gasteiger partial charge >= 0.3 is 10.2 Å². The molecule has 0 aliphatic heterocycles. The van der Waals surface area contributed by atoms with Gasteiger partial charge in [-0.25, -0.2) is 0 Å². The van der Waals surface area contributed by atoms with Crippen molar-refractivity contribution in [1.82, 2.24) is 0 Å². The van der Waals surface area contributed by atoms with Crippen molar-refractivity contribution in [2.45, 2.75) is 4.90 Å². The molecule has 0 amide bonds. The Morgan fingerprint density at radius 3 is 1.54 bits per heavy atom. The molecule has 0 spiro atoms. The highest BCUT2D eigenvalue weighted by atomic mass is 32.5. The second kappa shape index (κ2) is 5.71. The van der Waals surface area contributed by atoms with Crippen LogP contribution in [0.25, 0.3) is 11.6 Å². The first-order valence-electron chi connectivity index (χ1n) is 7.70. The van der Waals surface area contributed by atoms with Gasteiger partial charge in [0.25, 0.3) is 0 Å². The monoisotopic (exact) mass is 382 g/mol. The summed E-state index contributed by atoms with van der Waals surface area (Å²) in [5.74, 6) is 0. The van der Waals surface area contributed by atoms with E-state index in [2.05, 4.69) is 0 Å². The zero-order valence-corrected chi connectivity index (χ0v) is 14.3. The zero-order valence-electron chi connectivity index (χ0n) is 13.5. The van der Waals surface area contributed by atoms with Gasteiger partial charge in [0.15, 0.2) is 0 Å². The van der Waals surface area contributed by atoms with Crippen LogP contribution in [0.3, 0.4) is 0 Å². The molecular formula is C20H15F5S. The summed E-state index contributed by atoms with van der Waals surface area (Å²) in [5.41, 5.74) is 2.69. The van der Waals surface area contributed by atoms with Crippen LogP contribution in [0.5, 0.6) is 0 Å². The summed E-state index contributed by atoms with van der Waals surface area (Å²) in [6.45, 7) is 0. The fourth-order valence-corrected chi connectivity index (χ4v) is 3.21. The highest BCUT2D eigenvalue weighted by Gasteiger charge is 2.65. The molecule has 0 atom stereocenters. The fraction of sp³-hybridized carbons (Fsp3) is 0. The molecule has 0 bridgehead atoms. The molecule has 0 saturated carbocycles. The second-order valence-electron chi connectivity index (χ2n) is 5.83. The van der Waals surface area contributed by atoms with Gasteiger partial charge in [-0.1, -0.05) is 92.2 Å². The van der Waals surface area contributed by atoms with Crippen molar-refractivity contribution in [3.8, 4) is 0 Å². The van der Waals surface area contributed by atoms with Crippen LogP contribution in [-0.4, -0.2) is 0 Å². The molecule has 3 aromatic carbocycles. The predicted molar refractivity (Wildman–Crippen MR) is 97.7 cm³/mol. The van der Waals surface area contributed by atoms with Crippen LogP contribution in [0.15, 0.2) is 89.8 Å². The van der Waals surface area contributed by atoms with Gasteiger partial charge in [-0.2, -0.15) is 0 Å². The normalized spacial score (nSPS) is 15.2. The Hall–Kier alpha value is -2.60. The summed E-state index contributed by atoms with van der Waals surface area (Å²) in [4.78, 5) is -1.89. The van der Waals surface area contributed by atoms with E-state index in [4.69, 9.17) is 0 Å². The number of benzene rings is 3. The summed E-state index contributed by atoms with van der Waals surface area (Å²) >= 11 is 0. The van der Waals surface area contributed by atoms with E-state index in [0.29, 0.717) is 23.3 Å². The first-order valence-corrected chi connectivity index (χ1v) is 9.65. The van der Waals surface area contributed by atoms with Crippen molar-refractivity contribution in [2.75, 3.05) is 0 Å². The van der Waals surface area contributed by atoms with Gasteiger partial charge in [0.05, 0.1) is 0 Å². The molecule has 3 rings (SSSR count). The largest absolute Gasteiger partial charge is 0.310 e. The van der Waals surface area contributed by atoms with Crippen LogP contribution in [0.1, 0.15) is 16.7 Å². The molecule has 6 heteroatoms. The zero-order chi connectivity index (χ0) is 18.9. The van der Waals surface area contributed by atoms with Crippen LogP contribution in [0.2, 0.25) is 0 Å². The van der Waals surface area contributed by atoms with Crippen LogP contribution in [0.4, 0.5) is 19.4 Å². The van der Waals surface area contributed by atoms with E-state index in [1.807, 2.05) is 54.6 Å². The molecule has 136 valence electrons. The molecule has 0 unspecified atom stereocenters. The van der Waals surface area contributed by atoms with Crippen molar-refractivity contribution in [3.63, 3.8) is 0 Å². The van der Waals surface area contributed by atoms with Crippen molar-refractivity contribution in [1.29, 1.82) is 0 Å². The minimum atomic E-state index is -9.67. The molecule has 0 radical (unpaired) electrons. The summed E-state index contributed by atoms with van der Waals surface area (Å²) in [5, 5.41) is 0. The third-order valence-electron chi connectivity index (χ3n) is 3.81. The second-order valence-corrected chi connectivity index (χ2v) is 8.24. The third-order valence-corrected chi connectivity index (χ3v) is 4.97. The van der Waals surface area contributed by atoms with Gasteiger partial charge < -0.3 is 0 Å². The Kier molecular flexibility index (Phi) is 3.99. The molecule has 26 heavy (non-hydrogen) atoms. The average Bonchev–Trinajstić information content (AvgIpc) is 2.60. The van der Waals surface area contributed by atoms with Crippen LogP contribution in [-0.2, 0) is 0 Å².